The molecule has 0 bridgehead atoms. The van der Waals surface area contributed by atoms with Crippen LogP contribution in [0.3, 0.4) is 0 Å². The maximum atomic E-state index is 5.96. The fraction of sp³-hybridized carbons (Fsp3) is 0.320. The van der Waals surface area contributed by atoms with Gasteiger partial charge in [-0.2, -0.15) is 0 Å². The molecule has 2 heterocycles. The molecule has 2 aromatic carbocycles. The predicted molar refractivity (Wildman–Crippen MR) is 116 cm³/mol. The number of nitrogens with zero attached hydrogens (tertiary/aromatic N) is 4. The Bertz CT molecular complexity index is 1250. The van der Waals surface area contributed by atoms with Crippen molar-refractivity contribution in [2.45, 2.75) is 51.0 Å². The first-order valence-electron chi connectivity index (χ1n) is 10.7. The van der Waals surface area contributed by atoms with E-state index in [1.54, 1.807) is 0 Å². The molecule has 6 rings (SSSR count). The first kappa shape index (κ1) is 17.6. The lowest BCUT2D eigenvalue weighted by atomic mass is 9.68. The Morgan fingerprint density at radius 1 is 1.07 bits per heavy atom. The van der Waals surface area contributed by atoms with Crippen molar-refractivity contribution in [2.24, 2.45) is 0 Å². The lowest BCUT2D eigenvalue weighted by molar-refractivity contribution is 0.296. The van der Waals surface area contributed by atoms with Crippen LogP contribution in [0.2, 0.25) is 0 Å². The molecule has 1 saturated carbocycles. The van der Waals surface area contributed by atoms with Gasteiger partial charge in [0, 0.05) is 16.5 Å². The second-order valence-electron chi connectivity index (χ2n) is 8.69. The SMILES string of the molecule is Cc1cccc(OCc2nc3c4c(ncn3n2)-c2ccccc2CC42CCCC2)c1. The summed E-state index contributed by atoms with van der Waals surface area (Å²) in [5.41, 5.74) is 7.27. The zero-order valence-corrected chi connectivity index (χ0v) is 17.1. The lowest BCUT2D eigenvalue weighted by Crippen LogP contribution is -2.31. The van der Waals surface area contributed by atoms with Gasteiger partial charge in [0.15, 0.2) is 11.5 Å². The smallest absolute Gasteiger partial charge is 0.189 e. The van der Waals surface area contributed by atoms with Crippen molar-refractivity contribution in [3.8, 4) is 17.0 Å². The van der Waals surface area contributed by atoms with Crippen molar-refractivity contribution in [1.82, 2.24) is 19.6 Å². The van der Waals surface area contributed by atoms with Gasteiger partial charge in [0.1, 0.15) is 18.7 Å². The lowest BCUT2D eigenvalue weighted by Gasteiger charge is -2.36. The van der Waals surface area contributed by atoms with E-state index in [1.807, 2.05) is 29.0 Å². The zero-order valence-electron chi connectivity index (χ0n) is 17.1. The molecule has 0 atom stereocenters. The van der Waals surface area contributed by atoms with Crippen molar-refractivity contribution in [1.29, 1.82) is 0 Å². The highest BCUT2D eigenvalue weighted by Gasteiger charge is 2.43. The van der Waals surface area contributed by atoms with Crippen molar-refractivity contribution < 1.29 is 4.74 Å². The molecule has 2 aliphatic rings. The molecule has 0 aliphatic heterocycles. The largest absolute Gasteiger partial charge is 0.486 e. The second kappa shape index (κ2) is 6.66. The topological polar surface area (TPSA) is 52.3 Å². The molecule has 0 amide bonds. The molecule has 5 heteroatoms. The molecule has 5 nitrogen and oxygen atoms in total. The van der Waals surface area contributed by atoms with E-state index in [0.717, 1.165) is 23.5 Å². The summed E-state index contributed by atoms with van der Waals surface area (Å²) >= 11 is 0. The van der Waals surface area contributed by atoms with Crippen molar-refractivity contribution >= 4 is 5.65 Å². The van der Waals surface area contributed by atoms with E-state index in [-0.39, 0.29) is 5.41 Å². The molecular weight excluding hydrogens is 372 g/mol. The van der Waals surface area contributed by atoms with Gasteiger partial charge in [0.25, 0.3) is 0 Å². The quantitative estimate of drug-likeness (QED) is 0.486. The van der Waals surface area contributed by atoms with Gasteiger partial charge in [-0.3, -0.25) is 0 Å². The minimum Gasteiger partial charge on any atom is -0.486 e. The highest BCUT2D eigenvalue weighted by atomic mass is 16.5. The third kappa shape index (κ3) is 2.72. The first-order valence-corrected chi connectivity index (χ1v) is 10.7. The van der Waals surface area contributed by atoms with Gasteiger partial charge in [-0.25, -0.2) is 14.5 Å². The van der Waals surface area contributed by atoms with Gasteiger partial charge in [-0.1, -0.05) is 49.2 Å². The maximum Gasteiger partial charge on any atom is 0.189 e. The van der Waals surface area contributed by atoms with Gasteiger partial charge in [0.05, 0.1) is 5.69 Å². The van der Waals surface area contributed by atoms with Crippen LogP contribution >= 0.6 is 0 Å². The molecule has 30 heavy (non-hydrogen) atoms. The summed E-state index contributed by atoms with van der Waals surface area (Å²) in [6.07, 6.45) is 7.79. The van der Waals surface area contributed by atoms with Crippen molar-refractivity contribution in [2.75, 3.05) is 0 Å². The Kier molecular flexibility index (Phi) is 3.91. The summed E-state index contributed by atoms with van der Waals surface area (Å²) in [5, 5.41) is 4.69. The molecule has 0 saturated heterocycles. The number of hydrogen-bond acceptors (Lipinski definition) is 4. The summed E-state index contributed by atoms with van der Waals surface area (Å²) in [5.74, 6) is 1.54. The number of hydrogen-bond donors (Lipinski definition) is 0. The third-order valence-corrected chi connectivity index (χ3v) is 6.68. The number of benzene rings is 2. The maximum absolute atomic E-state index is 5.96. The zero-order chi connectivity index (χ0) is 20.1. The van der Waals surface area contributed by atoms with Gasteiger partial charge in [-0.05, 0) is 49.4 Å². The van der Waals surface area contributed by atoms with Crippen molar-refractivity contribution in [3.63, 3.8) is 0 Å². The molecule has 2 aromatic heterocycles. The number of aromatic nitrogens is 4. The minimum absolute atomic E-state index is 0.126. The molecule has 0 unspecified atom stereocenters. The normalized spacial score (nSPS) is 16.6. The van der Waals surface area contributed by atoms with Gasteiger partial charge >= 0.3 is 0 Å². The standard InChI is InChI=1S/C25H24N4O/c1-17-7-6-9-19(13-17)30-15-21-27-24-22-23(26-16-29(24)28-21)20-10-3-2-8-18(20)14-25(22)11-4-5-12-25/h2-3,6-10,13,16H,4-5,11-12,14-15H2,1H3. The fourth-order valence-electron chi connectivity index (χ4n) is 5.35. The van der Waals surface area contributed by atoms with E-state index < -0.39 is 0 Å². The van der Waals surface area contributed by atoms with E-state index in [1.165, 1.54) is 47.9 Å². The summed E-state index contributed by atoms with van der Waals surface area (Å²) in [6, 6.07) is 16.8. The van der Waals surface area contributed by atoms with Crippen LogP contribution in [0.1, 0.15) is 48.2 Å². The molecule has 4 aromatic rings. The Morgan fingerprint density at radius 3 is 2.80 bits per heavy atom. The summed E-state index contributed by atoms with van der Waals surface area (Å²) in [4.78, 5) is 9.81. The minimum atomic E-state index is 0.126. The monoisotopic (exact) mass is 396 g/mol. The second-order valence-corrected chi connectivity index (χ2v) is 8.69. The number of ether oxygens (including phenoxy) is 1. The molecule has 2 aliphatic carbocycles. The molecule has 1 fully saturated rings. The van der Waals surface area contributed by atoms with Crippen LogP contribution in [0, 0.1) is 6.92 Å². The van der Waals surface area contributed by atoms with Gasteiger partial charge in [0.2, 0.25) is 0 Å². The summed E-state index contributed by atoms with van der Waals surface area (Å²) < 4.78 is 7.81. The highest BCUT2D eigenvalue weighted by molar-refractivity contribution is 5.77. The van der Waals surface area contributed by atoms with Crippen LogP contribution in [0.15, 0.2) is 54.9 Å². The molecule has 0 N–H and O–H groups in total. The van der Waals surface area contributed by atoms with Gasteiger partial charge < -0.3 is 4.74 Å². The van der Waals surface area contributed by atoms with E-state index in [2.05, 4.69) is 42.4 Å². The predicted octanol–water partition coefficient (Wildman–Crippen LogP) is 5.05. The van der Waals surface area contributed by atoms with Crippen molar-refractivity contribution in [3.05, 3.63) is 77.4 Å². The van der Waals surface area contributed by atoms with Crippen LogP contribution in [-0.2, 0) is 18.4 Å². The molecule has 150 valence electrons. The number of rotatable bonds is 3. The Hall–Kier alpha value is -3.21. The Labute approximate surface area is 175 Å². The van der Waals surface area contributed by atoms with Crippen LogP contribution in [0.5, 0.6) is 5.75 Å². The molecule has 0 radical (unpaired) electrons. The fourth-order valence-corrected chi connectivity index (χ4v) is 5.35. The Balaban J connectivity index is 1.45. The molecular formula is C25H24N4O. The summed E-state index contributed by atoms with van der Waals surface area (Å²) in [6.45, 7) is 2.41. The van der Waals surface area contributed by atoms with E-state index in [0.29, 0.717) is 12.4 Å². The van der Waals surface area contributed by atoms with E-state index in [4.69, 9.17) is 14.7 Å². The van der Waals surface area contributed by atoms with Crippen LogP contribution in [0.4, 0.5) is 0 Å². The average molecular weight is 396 g/mol. The number of fused-ring (bicyclic) bond motifs is 6. The molecule has 1 spiro atoms. The van der Waals surface area contributed by atoms with E-state index >= 15 is 0 Å². The Morgan fingerprint density at radius 2 is 1.93 bits per heavy atom. The van der Waals surface area contributed by atoms with Crippen LogP contribution < -0.4 is 4.74 Å². The first-order chi connectivity index (χ1) is 14.7. The van der Waals surface area contributed by atoms with E-state index in [9.17, 15) is 0 Å². The third-order valence-electron chi connectivity index (χ3n) is 6.68. The highest BCUT2D eigenvalue weighted by Crippen LogP contribution is 2.51. The van der Waals surface area contributed by atoms with Crippen LogP contribution in [-0.4, -0.2) is 19.6 Å². The van der Waals surface area contributed by atoms with Gasteiger partial charge in [-0.15, -0.1) is 5.10 Å². The summed E-state index contributed by atoms with van der Waals surface area (Å²) in [7, 11) is 0. The number of aryl methyl sites for hydroxylation is 1. The average Bonchev–Trinajstić information content (AvgIpc) is 3.39. The van der Waals surface area contributed by atoms with Crippen LogP contribution in [0.25, 0.3) is 16.9 Å².